The summed E-state index contributed by atoms with van der Waals surface area (Å²) in [5, 5.41) is 20.5. The lowest BCUT2D eigenvalue weighted by Gasteiger charge is -2.12. The van der Waals surface area contributed by atoms with Gasteiger partial charge in [0.1, 0.15) is 5.75 Å². The number of carbonyl (C=O) groups is 2. The molecule has 0 aliphatic carbocycles. The molecule has 1 aromatic rings. The number of allylic oxidation sites excluding steroid dienone is 2. The molecule has 0 fully saturated rings. The molecule has 24 heavy (non-hydrogen) atoms. The van der Waals surface area contributed by atoms with Crippen LogP contribution in [0.3, 0.4) is 0 Å². The quantitative estimate of drug-likeness (QED) is 0.264. The summed E-state index contributed by atoms with van der Waals surface area (Å²) in [6, 6.07) is 6.35. The van der Waals surface area contributed by atoms with Crippen molar-refractivity contribution < 1.29 is 24.5 Å². The van der Waals surface area contributed by atoms with Crippen LogP contribution in [0.2, 0.25) is 0 Å². The fraction of sp³-hybridized carbons (Fsp3) is 0.444. The van der Waals surface area contributed by atoms with E-state index in [4.69, 9.17) is 14.9 Å². The summed E-state index contributed by atoms with van der Waals surface area (Å²) in [5.41, 5.74) is 0.497. The smallest absolute Gasteiger partial charge is 0.311 e. The fourth-order valence-electron chi connectivity index (χ4n) is 1.91. The number of carbonyl (C=O) groups excluding carboxylic acids is 2. The lowest BCUT2D eigenvalue weighted by Crippen LogP contribution is -2.28. The van der Waals surface area contributed by atoms with Crippen molar-refractivity contribution in [3.05, 3.63) is 36.4 Å². The third-order valence-corrected chi connectivity index (χ3v) is 3.32. The van der Waals surface area contributed by atoms with E-state index in [9.17, 15) is 9.59 Å². The summed E-state index contributed by atoms with van der Waals surface area (Å²) in [6.45, 7) is 1.21. The van der Waals surface area contributed by atoms with E-state index in [1.54, 1.807) is 24.3 Å². The van der Waals surface area contributed by atoms with Crippen LogP contribution in [0.5, 0.6) is 5.75 Å². The highest BCUT2D eigenvalue weighted by Gasteiger charge is 2.16. The molecule has 132 valence electrons. The molecule has 1 rings (SSSR count). The van der Waals surface area contributed by atoms with Gasteiger partial charge in [-0.1, -0.05) is 19.1 Å². The molecular formula is C18H25NO5. The van der Waals surface area contributed by atoms with Crippen LogP contribution in [0, 0.1) is 5.92 Å². The summed E-state index contributed by atoms with van der Waals surface area (Å²) in [5.74, 6) is -1.21. The van der Waals surface area contributed by atoms with Gasteiger partial charge in [0.05, 0.1) is 19.1 Å². The van der Waals surface area contributed by atoms with Crippen LogP contribution in [0.1, 0.15) is 32.6 Å². The molecule has 0 atom stereocenters. The monoisotopic (exact) mass is 335 g/mol. The van der Waals surface area contributed by atoms with E-state index in [0.29, 0.717) is 17.9 Å². The maximum atomic E-state index is 11.7. The Labute approximate surface area is 142 Å². The molecule has 6 nitrogen and oxygen atoms in total. The van der Waals surface area contributed by atoms with E-state index < -0.39 is 25.0 Å². The van der Waals surface area contributed by atoms with E-state index in [2.05, 4.69) is 24.4 Å². The van der Waals surface area contributed by atoms with Crippen LogP contribution in [0.25, 0.3) is 0 Å². The van der Waals surface area contributed by atoms with Crippen molar-refractivity contribution in [1.82, 2.24) is 0 Å². The Morgan fingerprint density at radius 3 is 2.42 bits per heavy atom. The molecule has 0 unspecified atom stereocenters. The number of esters is 1. The lowest BCUT2D eigenvalue weighted by atomic mass is 10.1. The molecule has 0 heterocycles. The third kappa shape index (κ3) is 7.39. The second-order valence-electron chi connectivity index (χ2n) is 5.32. The predicted molar refractivity (Wildman–Crippen MR) is 91.7 cm³/mol. The Morgan fingerprint density at radius 1 is 1.17 bits per heavy atom. The average molecular weight is 335 g/mol. The Bertz CT molecular complexity index is 535. The molecular weight excluding hydrogens is 310 g/mol. The van der Waals surface area contributed by atoms with Gasteiger partial charge in [0.25, 0.3) is 0 Å². The molecule has 0 spiro atoms. The highest BCUT2D eigenvalue weighted by molar-refractivity contribution is 5.92. The number of hydrogen-bond donors (Lipinski definition) is 3. The van der Waals surface area contributed by atoms with Gasteiger partial charge in [0.2, 0.25) is 5.91 Å². The molecule has 0 aromatic heterocycles. The van der Waals surface area contributed by atoms with E-state index in [1.807, 2.05) is 0 Å². The Balaban J connectivity index is 2.42. The molecule has 1 amide bonds. The highest BCUT2D eigenvalue weighted by Crippen LogP contribution is 2.17. The minimum absolute atomic E-state index is 0.294. The first-order valence-corrected chi connectivity index (χ1v) is 8.09. The van der Waals surface area contributed by atoms with Gasteiger partial charge in [0, 0.05) is 12.1 Å². The van der Waals surface area contributed by atoms with Crippen molar-refractivity contribution in [2.75, 3.05) is 18.5 Å². The number of ether oxygens (including phenoxy) is 1. The second kappa shape index (κ2) is 11.4. The molecule has 0 saturated heterocycles. The SMILES string of the molecule is CC/C=C\CCCC(=O)Oc1ccc(NC(=O)C(CO)CO)cc1. The van der Waals surface area contributed by atoms with Gasteiger partial charge in [-0.25, -0.2) is 0 Å². The largest absolute Gasteiger partial charge is 0.427 e. The van der Waals surface area contributed by atoms with Crippen molar-refractivity contribution in [1.29, 1.82) is 0 Å². The van der Waals surface area contributed by atoms with Crippen LogP contribution in [0.15, 0.2) is 36.4 Å². The molecule has 6 heteroatoms. The standard InChI is InChI=1S/C18H25NO5/c1-2-3-4-5-6-7-17(22)24-16-10-8-15(9-11-16)19-18(23)14(12-20)13-21/h3-4,8-11,14,20-21H,2,5-7,12-13H2,1H3,(H,19,23)/b4-3-. The van der Waals surface area contributed by atoms with E-state index in [-0.39, 0.29) is 5.97 Å². The van der Waals surface area contributed by atoms with Gasteiger partial charge in [-0.05, 0) is 43.5 Å². The maximum Gasteiger partial charge on any atom is 0.311 e. The van der Waals surface area contributed by atoms with Crippen LogP contribution in [0.4, 0.5) is 5.69 Å². The lowest BCUT2D eigenvalue weighted by molar-refractivity contribution is -0.134. The molecule has 0 saturated carbocycles. The zero-order valence-corrected chi connectivity index (χ0v) is 13.9. The predicted octanol–water partition coefficient (Wildman–Crippen LogP) is 2.27. The minimum Gasteiger partial charge on any atom is -0.427 e. The van der Waals surface area contributed by atoms with E-state index in [0.717, 1.165) is 19.3 Å². The molecule has 0 aliphatic heterocycles. The van der Waals surface area contributed by atoms with Crippen molar-refractivity contribution >= 4 is 17.6 Å². The van der Waals surface area contributed by atoms with Gasteiger partial charge in [0.15, 0.2) is 0 Å². The van der Waals surface area contributed by atoms with Gasteiger partial charge in [-0.2, -0.15) is 0 Å². The molecule has 1 aromatic carbocycles. The van der Waals surface area contributed by atoms with E-state index >= 15 is 0 Å². The summed E-state index contributed by atoms with van der Waals surface area (Å²) in [6.07, 6.45) is 7.05. The molecule has 0 aliphatic rings. The van der Waals surface area contributed by atoms with Gasteiger partial charge >= 0.3 is 5.97 Å². The Morgan fingerprint density at radius 2 is 1.83 bits per heavy atom. The normalized spacial score (nSPS) is 11.0. The fourth-order valence-corrected chi connectivity index (χ4v) is 1.91. The van der Waals surface area contributed by atoms with Crippen LogP contribution < -0.4 is 10.1 Å². The van der Waals surface area contributed by atoms with Gasteiger partial charge < -0.3 is 20.3 Å². The average Bonchev–Trinajstić information content (AvgIpc) is 2.57. The Kier molecular flexibility index (Phi) is 9.41. The first kappa shape index (κ1) is 19.9. The molecule has 0 bridgehead atoms. The number of benzene rings is 1. The number of unbranched alkanes of at least 4 members (excludes halogenated alkanes) is 1. The van der Waals surface area contributed by atoms with Gasteiger partial charge in [-0.3, -0.25) is 9.59 Å². The van der Waals surface area contributed by atoms with Crippen LogP contribution in [-0.4, -0.2) is 35.3 Å². The summed E-state index contributed by atoms with van der Waals surface area (Å²) >= 11 is 0. The summed E-state index contributed by atoms with van der Waals surface area (Å²) < 4.78 is 5.21. The summed E-state index contributed by atoms with van der Waals surface area (Å²) in [7, 11) is 0. The second-order valence-corrected chi connectivity index (χ2v) is 5.32. The third-order valence-electron chi connectivity index (χ3n) is 3.32. The number of anilines is 1. The Hall–Kier alpha value is -2.18. The summed E-state index contributed by atoms with van der Waals surface area (Å²) in [4.78, 5) is 23.4. The molecule has 3 N–H and O–H groups in total. The van der Waals surface area contributed by atoms with Crippen molar-refractivity contribution in [3.63, 3.8) is 0 Å². The zero-order chi connectivity index (χ0) is 17.8. The van der Waals surface area contributed by atoms with Gasteiger partial charge in [-0.15, -0.1) is 0 Å². The molecule has 0 radical (unpaired) electrons. The van der Waals surface area contributed by atoms with Crippen LogP contribution in [-0.2, 0) is 9.59 Å². The maximum absolute atomic E-state index is 11.7. The van der Waals surface area contributed by atoms with Crippen molar-refractivity contribution in [2.45, 2.75) is 32.6 Å². The first-order chi connectivity index (χ1) is 11.6. The zero-order valence-electron chi connectivity index (χ0n) is 13.9. The van der Waals surface area contributed by atoms with Crippen molar-refractivity contribution in [2.24, 2.45) is 5.92 Å². The number of amides is 1. The number of aliphatic hydroxyl groups excluding tert-OH is 2. The number of hydrogen-bond acceptors (Lipinski definition) is 5. The number of aliphatic hydroxyl groups is 2. The van der Waals surface area contributed by atoms with E-state index in [1.165, 1.54) is 0 Å². The highest BCUT2D eigenvalue weighted by atomic mass is 16.5. The topological polar surface area (TPSA) is 95.9 Å². The number of rotatable bonds is 10. The minimum atomic E-state index is -0.857. The number of nitrogens with one attached hydrogen (secondary N) is 1. The van der Waals surface area contributed by atoms with Crippen molar-refractivity contribution in [3.8, 4) is 5.75 Å². The first-order valence-electron chi connectivity index (χ1n) is 8.09. The van der Waals surface area contributed by atoms with Crippen LogP contribution >= 0.6 is 0 Å².